The molecule has 0 bridgehead atoms. The van der Waals surface area contributed by atoms with Crippen LogP contribution in [0.15, 0.2) is 72.9 Å². The summed E-state index contributed by atoms with van der Waals surface area (Å²) < 4.78 is 16.9. The maximum absolute atomic E-state index is 12.9. The van der Waals surface area contributed by atoms with E-state index in [4.69, 9.17) is 14.2 Å². The van der Waals surface area contributed by atoms with Crippen LogP contribution < -0.4 is 0 Å². The third-order valence-corrected chi connectivity index (χ3v) is 14.1. The number of hydrogen-bond acceptors (Lipinski definition) is 6. The topological polar surface area (TPSA) is 78.9 Å². The molecule has 0 saturated carbocycles. The molecule has 0 aromatic rings. The number of carbonyl (C=O) groups is 3. The van der Waals surface area contributed by atoms with Gasteiger partial charge in [0.25, 0.3) is 0 Å². The van der Waals surface area contributed by atoms with Crippen LogP contribution in [-0.2, 0) is 28.6 Å². The molecule has 0 aromatic heterocycles. The monoisotopic (exact) mass is 1050 g/mol. The molecule has 0 N–H and O–H groups in total. The van der Waals surface area contributed by atoms with Gasteiger partial charge >= 0.3 is 17.9 Å². The Morgan fingerprint density at radius 3 is 0.813 bits per heavy atom. The fourth-order valence-electron chi connectivity index (χ4n) is 9.25. The van der Waals surface area contributed by atoms with Gasteiger partial charge in [-0.25, -0.2) is 0 Å². The summed E-state index contributed by atoms with van der Waals surface area (Å²) in [7, 11) is 0. The molecule has 0 aromatic carbocycles. The lowest BCUT2D eigenvalue weighted by molar-refractivity contribution is -0.167. The molecular formula is C69H122O6. The quantitative estimate of drug-likeness (QED) is 0.0261. The summed E-state index contributed by atoms with van der Waals surface area (Å²) in [5.41, 5.74) is 0. The third kappa shape index (κ3) is 61.6. The molecule has 75 heavy (non-hydrogen) atoms. The molecule has 0 radical (unpaired) electrons. The average molecular weight is 1050 g/mol. The molecule has 0 heterocycles. The Morgan fingerprint density at radius 1 is 0.267 bits per heavy atom. The van der Waals surface area contributed by atoms with E-state index in [2.05, 4.69) is 93.7 Å². The van der Waals surface area contributed by atoms with Crippen molar-refractivity contribution in [2.75, 3.05) is 13.2 Å². The number of unbranched alkanes of at least 4 members (excludes halogenated alkanes) is 36. The van der Waals surface area contributed by atoms with Crippen molar-refractivity contribution in [3.05, 3.63) is 72.9 Å². The molecule has 434 valence electrons. The summed E-state index contributed by atoms with van der Waals surface area (Å²) in [5.74, 6) is -0.888. The molecule has 0 aliphatic heterocycles. The zero-order chi connectivity index (χ0) is 54.3. The van der Waals surface area contributed by atoms with E-state index in [0.29, 0.717) is 19.3 Å². The standard InChI is InChI=1S/C69H122O6/c1-4-7-10-13-16-19-22-25-27-29-31-32-33-34-35-36-38-39-41-44-47-50-53-56-59-62-68(71)74-65-66(64-73-67(70)61-58-55-52-49-46-43-24-21-18-15-12-9-6-3)75-69(72)63-60-57-54-51-48-45-42-40-37-30-28-26-23-20-17-14-11-8-5-2/h12,15,21-22,24-26,28-29,31,33-34,66H,4-11,13-14,16-20,23,27,30,32,35-65H2,1-3H3/b15-12-,24-21-,25-22-,28-26-,31-29-,34-33-. The van der Waals surface area contributed by atoms with Gasteiger partial charge in [0, 0.05) is 19.3 Å². The van der Waals surface area contributed by atoms with Crippen molar-refractivity contribution < 1.29 is 28.6 Å². The first kappa shape index (κ1) is 71.8. The summed E-state index contributed by atoms with van der Waals surface area (Å²) in [5, 5.41) is 0. The Bertz CT molecular complexity index is 1390. The van der Waals surface area contributed by atoms with Crippen molar-refractivity contribution in [3.63, 3.8) is 0 Å². The molecule has 0 spiro atoms. The van der Waals surface area contributed by atoms with Crippen LogP contribution in [0.4, 0.5) is 0 Å². The summed E-state index contributed by atoms with van der Waals surface area (Å²) >= 11 is 0. The van der Waals surface area contributed by atoms with Crippen LogP contribution >= 0.6 is 0 Å². The van der Waals surface area contributed by atoms with E-state index in [1.54, 1.807) is 0 Å². The molecule has 0 rings (SSSR count). The van der Waals surface area contributed by atoms with Gasteiger partial charge in [-0.15, -0.1) is 0 Å². The van der Waals surface area contributed by atoms with Crippen LogP contribution in [-0.4, -0.2) is 37.2 Å². The van der Waals surface area contributed by atoms with E-state index in [1.807, 2.05) is 0 Å². The molecule has 0 fully saturated rings. The maximum Gasteiger partial charge on any atom is 0.306 e. The SMILES string of the molecule is CCC/C=C\C/C=C\CCCCCCCC(=O)OCC(COC(=O)CCCCCCCCCCCC/C=C\C/C=C\C/C=C\CCCCCCC)OC(=O)CCCCCCCCCCC/C=C\CCCCCCCC. The number of hydrogen-bond donors (Lipinski definition) is 0. The average Bonchev–Trinajstić information content (AvgIpc) is 3.41. The van der Waals surface area contributed by atoms with Gasteiger partial charge in [-0.2, -0.15) is 0 Å². The van der Waals surface area contributed by atoms with Crippen molar-refractivity contribution in [3.8, 4) is 0 Å². The molecule has 6 heteroatoms. The summed E-state index contributed by atoms with van der Waals surface area (Å²) in [6.07, 6.45) is 81.9. The Balaban J connectivity index is 4.31. The zero-order valence-corrected chi connectivity index (χ0v) is 49.8. The minimum absolute atomic E-state index is 0.0815. The van der Waals surface area contributed by atoms with E-state index < -0.39 is 6.10 Å². The highest BCUT2D eigenvalue weighted by atomic mass is 16.6. The van der Waals surface area contributed by atoms with E-state index >= 15 is 0 Å². The normalized spacial score (nSPS) is 12.5. The fourth-order valence-corrected chi connectivity index (χ4v) is 9.25. The van der Waals surface area contributed by atoms with Gasteiger partial charge in [0.05, 0.1) is 0 Å². The Hall–Kier alpha value is -3.15. The van der Waals surface area contributed by atoms with Crippen molar-refractivity contribution in [2.45, 2.75) is 335 Å². The first-order valence-corrected chi connectivity index (χ1v) is 32.4. The van der Waals surface area contributed by atoms with Gasteiger partial charge in [-0.1, -0.05) is 273 Å². The Morgan fingerprint density at radius 2 is 0.507 bits per heavy atom. The molecule has 1 unspecified atom stereocenters. The second-order valence-electron chi connectivity index (χ2n) is 21.7. The van der Waals surface area contributed by atoms with Crippen molar-refractivity contribution in [1.82, 2.24) is 0 Å². The number of ether oxygens (including phenoxy) is 3. The van der Waals surface area contributed by atoms with E-state index in [9.17, 15) is 14.4 Å². The predicted octanol–water partition coefficient (Wildman–Crippen LogP) is 22.1. The van der Waals surface area contributed by atoms with Crippen LogP contribution in [0.3, 0.4) is 0 Å². The molecular weight excluding hydrogens is 925 g/mol. The molecule has 0 saturated heterocycles. The van der Waals surface area contributed by atoms with Gasteiger partial charge in [0.2, 0.25) is 0 Å². The highest BCUT2D eigenvalue weighted by Crippen LogP contribution is 2.16. The lowest BCUT2D eigenvalue weighted by atomic mass is 10.0. The predicted molar refractivity (Wildman–Crippen MR) is 325 cm³/mol. The zero-order valence-electron chi connectivity index (χ0n) is 49.8. The third-order valence-electron chi connectivity index (χ3n) is 14.1. The van der Waals surface area contributed by atoms with E-state index in [1.165, 1.54) is 193 Å². The summed E-state index contributed by atoms with van der Waals surface area (Å²) in [6.45, 7) is 6.58. The van der Waals surface area contributed by atoms with Gasteiger partial charge in [-0.3, -0.25) is 14.4 Å². The van der Waals surface area contributed by atoms with Crippen LogP contribution in [0.1, 0.15) is 329 Å². The number of rotatable bonds is 59. The first-order valence-electron chi connectivity index (χ1n) is 32.4. The number of esters is 3. The molecule has 1 atom stereocenters. The summed E-state index contributed by atoms with van der Waals surface area (Å²) in [4.78, 5) is 38.3. The fraction of sp³-hybridized carbons (Fsp3) is 0.783. The van der Waals surface area contributed by atoms with Crippen molar-refractivity contribution in [1.29, 1.82) is 0 Å². The summed E-state index contributed by atoms with van der Waals surface area (Å²) in [6, 6.07) is 0. The van der Waals surface area contributed by atoms with E-state index in [-0.39, 0.29) is 31.1 Å². The highest BCUT2D eigenvalue weighted by molar-refractivity contribution is 5.71. The minimum atomic E-state index is -0.785. The van der Waals surface area contributed by atoms with Crippen LogP contribution in [0.2, 0.25) is 0 Å². The maximum atomic E-state index is 12.9. The van der Waals surface area contributed by atoms with Gasteiger partial charge < -0.3 is 14.2 Å². The molecule has 0 aliphatic rings. The van der Waals surface area contributed by atoms with Crippen LogP contribution in [0.5, 0.6) is 0 Å². The Labute approximate surface area is 465 Å². The van der Waals surface area contributed by atoms with Gasteiger partial charge in [0.1, 0.15) is 13.2 Å². The van der Waals surface area contributed by atoms with Crippen LogP contribution in [0, 0.1) is 0 Å². The highest BCUT2D eigenvalue weighted by Gasteiger charge is 2.19. The van der Waals surface area contributed by atoms with Crippen LogP contribution in [0.25, 0.3) is 0 Å². The van der Waals surface area contributed by atoms with E-state index in [0.717, 1.165) is 96.3 Å². The van der Waals surface area contributed by atoms with Gasteiger partial charge in [0.15, 0.2) is 6.10 Å². The molecule has 6 nitrogen and oxygen atoms in total. The second-order valence-corrected chi connectivity index (χ2v) is 21.7. The molecule has 0 aliphatic carbocycles. The Kier molecular flexibility index (Phi) is 60.7. The smallest absolute Gasteiger partial charge is 0.306 e. The van der Waals surface area contributed by atoms with Crippen molar-refractivity contribution >= 4 is 17.9 Å². The lowest BCUT2D eigenvalue weighted by Crippen LogP contribution is -2.30. The lowest BCUT2D eigenvalue weighted by Gasteiger charge is -2.18. The van der Waals surface area contributed by atoms with Crippen molar-refractivity contribution in [2.24, 2.45) is 0 Å². The van der Waals surface area contributed by atoms with Gasteiger partial charge in [-0.05, 0) is 109 Å². The number of carbonyl (C=O) groups excluding carboxylic acids is 3. The number of allylic oxidation sites excluding steroid dienone is 12. The second kappa shape index (κ2) is 63.4. The first-order chi connectivity index (χ1) is 37.0. The largest absolute Gasteiger partial charge is 0.462 e. The molecule has 0 amide bonds. The minimum Gasteiger partial charge on any atom is -0.462 e.